The molecule has 0 aliphatic rings. The number of rotatable bonds is 6. The molecule has 2 aromatic heterocycles. The molecule has 0 spiro atoms. The maximum absolute atomic E-state index is 13.2. The smallest absolute Gasteiger partial charge is 0.291 e. The molecule has 2 N–H and O–H groups in total. The SMILES string of the molecule is Cc1ccc(Cl)cc1NC(=O)Cn1ncn2c(C)c(C(=O)NCc3ccccc3)c(C)c2c1=O. The fraction of sp³-hybridized carbons (Fsp3) is 0.200. The number of aromatic nitrogens is 3. The lowest BCUT2D eigenvalue weighted by Crippen LogP contribution is -2.31. The van der Waals surface area contributed by atoms with Crippen LogP contribution >= 0.6 is 11.6 Å². The minimum absolute atomic E-state index is 0.275. The maximum atomic E-state index is 13.2. The van der Waals surface area contributed by atoms with Gasteiger partial charge in [0, 0.05) is 22.9 Å². The zero-order chi connectivity index (χ0) is 24.4. The van der Waals surface area contributed by atoms with Crippen molar-refractivity contribution in [2.24, 2.45) is 0 Å². The number of halogens is 1. The summed E-state index contributed by atoms with van der Waals surface area (Å²) in [5.41, 5.74) is 3.80. The Hall–Kier alpha value is -3.91. The molecule has 0 unspecified atom stereocenters. The number of carbonyl (C=O) groups is 2. The largest absolute Gasteiger partial charge is 0.348 e. The lowest BCUT2D eigenvalue weighted by molar-refractivity contribution is -0.117. The first-order chi connectivity index (χ1) is 16.3. The summed E-state index contributed by atoms with van der Waals surface area (Å²) in [6.45, 7) is 5.43. The van der Waals surface area contributed by atoms with Gasteiger partial charge in [0.15, 0.2) is 0 Å². The fourth-order valence-corrected chi connectivity index (χ4v) is 4.10. The summed E-state index contributed by atoms with van der Waals surface area (Å²) < 4.78 is 2.67. The van der Waals surface area contributed by atoms with Gasteiger partial charge in [-0.25, -0.2) is 4.68 Å². The first-order valence-electron chi connectivity index (χ1n) is 10.7. The van der Waals surface area contributed by atoms with Crippen LogP contribution in [-0.2, 0) is 17.9 Å². The van der Waals surface area contributed by atoms with Gasteiger partial charge in [0.2, 0.25) is 5.91 Å². The number of aryl methyl sites for hydroxylation is 3. The number of amides is 2. The van der Waals surface area contributed by atoms with Crippen molar-refractivity contribution in [3.63, 3.8) is 0 Å². The Balaban J connectivity index is 1.59. The average Bonchev–Trinajstić information content (AvgIpc) is 3.07. The summed E-state index contributed by atoms with van der Waals surface area (Å²) in [7, 11) is 0. The van der Waals surface area contributed by atoms with Gasteiger partial charge in [0.1, 0.15) is 18.4 Å². The Morgan fingerprint density at radius 2 is 1.79 bits per heavy atom. The molecule has 0 aliphatic carbocycles. The lowest BCUT2D eigenvalue weighted by Gasteiger charge is -2.10. The second-order valence-corrected chi connectivity index (χ2v) is 8.51. The molecule has 2 amide bonds. The Morgan fingerprint density at radius 3 is 2.53 bits per heavy atom. The standard InChI is InChI=1S/C25H24ClN5O3/c1-15-9-10-19(26)11-20(15)29-21(32)13-31-25(34)23-16(2)22(17(3)30(23)14-28-31)24(33)27-12-18-7-5-4-6-8-18/h4-11,14H,12-13H2,1-3H3,(H,27,33)(H,29,32). The van der Waals surface area contributed by atoms with Crippen LogP contribution in [0.5, 0.6) is 0 Å². The van der Waals surface area contributed by atoms with Crippen molar-refractivity contribution in [1.82, 2.24) is 19.5 Å². The molecule has 8 nitrogen and oxygen atoms in total. The summed E-state index contributed by atoms with van der Waals surface area (Å²) in [5.74, 6) is -0.686. The summed E-state index contributed by atoms with van der Waals surface area (Å²) in [6.07, 6.45) is 1.45. The van der Waals surface area contributed by atoms with Crippen molar-refractivity contribution in [1.29, 1.82) is 0 Å². The molecular formula is C25H24ClN5O3. The first-order valence-corrected chi connectivity index (χ1v) is 11.1. The Kier molecular flexibility index (Phi) is 6.51. The van der Waals surface area contributed by atoms with Crippen LogP contribution in [-0.4, -0.2) is 26.0 Å². The Bertz CT molecular complexity index is 1460. The molecule has 0 bridgehead atoms. The van der Waals surface area contributed by atoms with Gasteiger partial charge in [-0.3, -0.25) is 18.8 Å². The summed E-state index contributed by atoms with van der Waals surface area (Å²) in [6, 6.07) is 14.8. The molecule has 0 radical (unpaired) electrons. The van der Waals surface area contributed by atoms with Crippen LogP contribution < -0.4 is 16.2 Å². The van der Waals surface area contributed by atoms with Crippen LogP contribution in [0.2, 0.25) is 5.02 Å². The van der Waals surface area contributed by atoms with E-state index in [0.717, 1.165) is 15.8 Å². The summed E-state index contributed by atoms with van der Waals surface area (Å²) in [5, 5.41) is 10.3. The van der Waals surface area contributed by atoms with Gasteiger partial charge in [0.25, 0.3) is 11.5 Å². The van der Waals surface area contributed by atoms with E-state index in [9.17, 15) is 14.4 Å². The van der Waals surface area contributed by atoms with Gasteiger partial charge in [-0.05, 0) is 49.6 Å². The highest BCUT2D eigenvalue weighted by Gasteiger charge is 2.22. The van der Waals surface area contributed by atoms with E-state index in [4.69, 9.17) is 11.6 Å². The van der Waals surface area contributed by atoms with Crippen LogP contribution in [0, 0.1) is 20.8 Å². The third-order valence-electron chi connectivity index (χ3n) is 5.73. The second-order valence-electron chi connectivity index (χ2n) is 8.07. The predicted molar refractivity (Wildman–Crippen MR) is 131 cm³/mol. The van der Waals surface area contributed by atoms with Crippen LogP contribution in [0.1, 0.15) is 32.7 Å². The first kappa shape index (κ1) is 23.3. The number of hydrogen-bond acceptors (Lipinski definition) is 4. The van der Waals surface area contributed by atoms with E-state index in [2.05, 4.69) is 15.7 Å². The van der Waals surface area contributed by atoms with Crippen molar-refractivity contribution in [3.05, 3.63) is 98.2 Å². The zero-order valence-electron chi connectivity index (χ0n) is 19.1. The van der Waals surface area contributed by atoms with E-state index in [1.54, 1.807) is 36.4 Å². The van der Waals surface area contributed by atoms with E-state index >= 15 is 0 Å². The van der Waals surface area contributed by atoms with E-state index in [-0.39, 0.29) is 12.5 Å². The molecule has 0 fully saturated rings. The normalized spacial score (nSPS) is 10.9. The van der Waals surface area contributed by atoms with E-state index in [1.165, 1.54) is 6.33 Å². The molecule has 4 aromatic rings. The lowest BCUT2D eigenvalue weighted by atomic mass is 10.1. The monoisotopic (exact) mass is 477 g/mol. The topological polar surface area (TPSA) is 97.5 Å². The molecular weight excluding hydrogens is 454 g/mol. The van der Waals surface area contributed by atoms with Crippen molar-refractivity contribution < 1.29 is 9.59 Å². The predicted octanol–water partition coefficient (Wildman–Crippen LogP) is 3.64. The van der Waals surface area contributed by atoms with E-state index in [0.29, 0.717) is 39.6 Å². The molecule has 9 heteroatoms. The molecule has 174 valence electrons. The maximum Gasteiger partial charge on any atom is 0.291 e. The molecule has 2 aromatic carbocycles. The molecule has 0 saturated carbocycles. The number of carbonyl (C=O) groups excluding carboxylic acids is 2. The third-order valence-corrected chi connectivity index (χ3v) is 5.96. The van der Waals surface area contributed by atoms with Crippen LogP contribution in [0.15, 0.2) is 59.7 Å². The molecule has 0 saturated heterocycles. The van der Waals surface area contributed by atoms with Crippen molar-refractivity contribution in [3.8, 4) is 0 Å². The molecule has 0 aliphatic heterocycles. The van der Waals surface area contributed by atoms with Crippen LogP contribution in [0.3, 0.4) is 0 Å². The quantitative estimate of drug-likeness (QED) is 0.443. The second kappa shape index (κ2) is 9.52. The third kappa shape index (κ3) is 4.58. The average molecular weight is 478 g/mol. The highest BCUT2D eigenvalue weighted by Crippen LogP contribution is 2.21. The van der Waals surface area contributed by atoms with Crippen LogP contribution in [0.4, 0.5) is 5.69 Å². The zero-order valence-corrected chi connectivity index (χ0v) is 19.8. The van der Waals surface area contributed by atoms with Crippen molar-refractivity contribution >= 4 is 34.6 Å². The molecule has 2 heterocycles. The van der Waals surface area contributed by atoms with Crippen molar-refractivity contribution in [2.45, 2.75) is 33.9 Å². The number of nitrogens with zero attached hydrogens (tertiary/aromatic N) is 3. The summed E-state index contributed by atoms with van der Waals surface area (Å²) in [4.78, 5) is 38.7. The van der Waals surface area contributed by atoms with Gasteiger partial charge >= 0.3 is 0 Å². The Morgan fingerprint density at radius 1 is 1.06 bits per heavy atom. The van der Waals surface area contributed by atoms with Gasteiger partial charge in [0.05, 0.1) is 5.56 Å². The number of hydrogen-bond donors (Lipinski definition) is 2. The Labute approximate surface area is 201 Å². The van der Waals surface area contributed by atoms with Gasteiger partial charge in [-0.15, -0.1) is 0 Å². The van der Waals surface area contributed by atoms with Gasteiger partial charge in [-0.2, -0.15) is 5.10 Å². The molecule has 34 heavy (non-hydrogen) atoms. The highest BCUT2D eigenvalue weighted by atomic mass is 35.5. The van der Waals surface area contributed by atoms with Gasteiger partial charge < -0.3 is 10.6 Å². The number of benzene rings is 2. The van der Waals surface area contributed by atoms with Crippen molar-refractivity contribution in [2.75, 3.05) is 5.32 Å². The van der Waals surface area contributed by atoms with Gasteiger partial charge in [-0.1, -0.05) is 48.0 Å². The van der Waals surface area contributed by atoms with E-state index < -0.39 is 11.5 Å². The fourth-order valence-electron chi connectivity index (χ4n) is 3.92. The molecule has 4 rings (SSSR count). The molecule has 0 atom stereocenters. The minimum atomic E-state index is -0.455. The summed E-state index contributed by atoms with van der Waals surface area (Å²) >= 11 is 6.01. The number of fused-ring (bicyclic) bond motifs is 1. The highest BCUT2D eigenvalue weighted by molar-refractivity contribution is 6.31. The van der Waals surface area contributed by atoms with E-state index in [1.807, 2.05) is 37.3 Å². The number of nitrogens with one attached hydrogen (secondary N) is 2. The number of anilines is 1. The minimum Gasteiger partial charge on any atom is -0.348 e. The van der Waals surface area contributed by atoms with Crippen LogP contribution in [0.25, 0.3) is 5.52 Å².